The van der Waals surface area contributed by atoms with Crippen LogP contribution in [-0.4, -0.2) is 79.1 Å². The van der Waals surface area contributed by atoms with E-state index in [2.05, 4.69) is 20.6 Å². The van der Waals surface area contributed by atoms with Crippen LogP contribution < -0.4 is 25.0 Å². The highest BCUT2D eigenvalue weighted by molar-refractivity contribution is 8.00. The molecule has 0 aliphatic carbocycles. The van der Waals surface area contributed by atoms with Gasteiger partial charge in [0, 0.05) is 43.0 Å². The molecule has 2 aliphatic rings. The Morgan fingerprint density at radius 1 is 1.04 bits per heavy atom. The molecule has 49 heavy (non-hydrogen) atoms. The predicted molar refractivity (Wildman–Crippen MR) is 178 cm³/mol. The number of benzene rings is 3. The van der Waals surface area contributed by atoms with Crippen LogP contribution in [0.25, 0.3) is 10.9 Å². The van der Waals surface area contributed by atoms with Crippen molar-refractivity contribution in [1.82, 2.24) is 20.3 Å². The zero-order valence-electron chi connectivity index (χ0n) is 26.5. The first kappa shape index (κ1) is 34.1. The maximum atomic E-state index is 13.2. The average molecular weight is 698 g/mol. The van der Waals surface area contributed by atoms with Crippen LogP contribution in [0.1, 0.15) is 22.9 Å². The van der Waals surface area contributed by atoms with Gasteiger partial charge in [0.05, 0.1) is 43.8 Å². The number of morpholine rings is 1. The van der Waals surface area contributed by atoms with Crippen LogP contribution in [0.2, 0.25) is 0 Å². The van der Waals surface area contributed by atoms with E-state index in [4.69, 9.17) is 18.9 Å². The lowest BCUT2D eigenvalue weighted by Gasteiger charge is -2.26. The number of thioether (sulfide) groups is 1. The van der Waals surface area contributed by atoms with Gasteiger partial charge in [0.2, 0.25) is 0 Å². The van der Waals surface area contributed by atoms with Crippen molar-refractivity contribution in [2.24, 2.45) is 0 Å². The molecule has 0 radical (unpaired) electrons. The Labute approximate surface area is 284 Å². The van der Waals surface area contributed by atoms with Gasteiger partial charge in [-0.1, -0.05) is 12.1 Å². The van der Waals surface area contributed by atoms with Crippen molar-refractivity contribution in [2.45, 2.75) is 18.0 Å². The molecule has 3 heterocycles. The van der Waals surface area contributed by atoms with Crippen molar-refractivity contribution < 1.29 is 41.7 Å². The molecule has 11 nitrogen and oxygen atoms in total. The number of anilines is 1. The summed E-state index contributed by atoms with van der Waals surface area (Å²) in [5, 5.41) is 3.58. The van der Waals surface area contributed by atoms with E-state index in [0.29, 0.717) is 46.2 Å². The molecular weight excluding hydrogens is 663 g/mol. The van der Waals surface area contributed by atoms with Gasteiger partial charge in [0.15, 0.2) is 11.5 Å². The van der Waals surface area contributed by atoms with Crippen LogP contribution >= 0.6 is 11.8 Å². The fraction of sp³-hybridized carbons (Fsp3) is 0.324. The number of urea groups is 1. The molecule has 3 aromatic carbocycles. The van der Waals surface area contributed by atoms with Crippen molar-refractivity contribution in [3.8, 4) is 23.0 Å². The third-order valence-corrected chi connectivity index (χ3v) is 9.11. The van der Waals surface area contributed by atoms with E-state index in [0.717, 1.165) is 68.2 Å². The molecule has 6 rings (SSSR count). The van der Waals surface area contributed by atoms with Gasteiger partial charge in [-0.15, -0.1) is 11.8 Å². The SMILES string of the molecule is COc1cc2c(Oc3ccc(NC(=O)NN4C(=O)CSC4c4cccc(C(F)(F)F)c4)cc3)ccnc2cc1OCCCN1CCOCC1. The van der Waals surface area contributed by atoms with Gasteiger partial charge in [-0.2, -0.15) is 13.2 Å². The summed E-state index contributed by atoms with van der Waals surface area (Å²) in [6.45, 7) is 4.82. The fourth-order valence-electron chi connectivity index (χ4n) is 5.45. The molecule has 15 heteroatoms. The van der Waals surface area contributed by atoms with E-state index in [-0.39, 0.29) is 11.3 Å². The summed E-state index contributed by atoms with van der Waals surface area (Å²) in [6.07, 6.45) is -2.04. The third-order valence-electron chi connectivity index (χ3n) is 7.90. The zero-order chi connectivity index (χ0) is 34.4. The van der Waals surface area contributed by atoms with Crippen LogP contribution in [0.5, 0.6) is 23.0 Å². The number of hydrogen-bond donors (Lipinski definition) is 2. The highest BCUT2D eigenvalue weighted by Gasteiger charge is 2.37. The predicted octanol–water partition coefficient (Wildman–Crippen LogP) is 6.47. The molecule has 258 valence electrons. The third kappa shape index (κ3) is 8.47. The first-order chi connectivity index (χ1) is 23.7. The van der Waals surface area contributed by atoms with Crippen molar-refractivity contribution in [3.05, 3.63) is 84.1 Å². The van der Waals surface area contributed by atoms with E-state index in [1.807, 2.05) is 12.1 Å². The maximum absolute atomic E-state index is 13.2. The second-order valence-electron chi connectivity index (χ2n) is 11.2. The highest BCUT2D eigenvalue weighted by atomic mass is 32.2. The number of hydrogen-bond acceptors (Lipinski definition) is 9. The van der Waals surface area contributed by atoms with E-state index < -0.39 is 29.1 Å². The average Bonchev–Trinajstić information content (AvgIpc) is 3.46. The number of pyridine rings is 1. The molecule has 2 saturated heterocycles. The summed E-state index contributed by atoms with van der Waals surface area (Å²) in [6, 6.07) is 15.9. The van der Waals surface area contributed by atoms with Gasteiger partial charge < -0.3 is 24.3 Å². The van der Waals surface area contributed by atoms with Gasteiger partial charge in [-0.25, -0.2) is 15.2 Å². The van der Waals surface area contributed by atoms with Crippen LogP contribution in [0.4, 0.5) is 23.7 Å². The van der Waals surface area contributed by atoms with Crippen LogP contribution in [-0.2, 0) is 15.7 Å². The monoisotopic (exact) mass is 697 g/mol. The normalized spacial score (nSPS) is 16.9. The van der Waals surface area contributed by atoms with E-state index in [1.54, 1.807) is 43.6 Å². The second-order valence-corrected chi connectivity index (χ2v) is 12.3. The summed E-state index contributed by atoms with van der Waals surface area (Å²) >= 11 is 1.12. The number of fused-ring (bicyclic) bond motifs is 1. The largest absolute Gasteiger partial charge is 0.493 e. The molecular formula is C34H34F3N5O6S. The lowest BCUT2D eigenvalue weighted by Crippen LogP contribution is -2.46. The Balaban J connectivity index is 1.07. The maximum Gasteiger partial charge on any atom is 0.416 e. The first-order valence-electron chi connectivity index (χ1n) is 15.5. The number of hydrazine groups is 1. The number of alkyl halides is 3. The minimum atomic E-state index is -4.53. The molecule has 1 atom stereocenters. The molecule has 1 unspecified atom stereocenters. The molecule has 0 spiro atoms. The molecule has 4 aromatic rings. The minimum Gasteiger partial charge on any atom is -0.493 e. The number of halogens is 3. The van der Waals surface area contributed by atoms with Gasteiger partial charge in [-0.3, -0.25) is 14.7 Å². The van der Waals surface area contributed by atoms with Crippen molar-refractivity contribution >= 4 is 40.3 Å². The lowest BCUT2D eigenvalue weighted by molar-refractivity contribution is -0.137. The van der Waals surface area contributed by atoms with Crippen molar-refractivity contribution in [2.75, 3.05) is 57.6 Å². The topological polar surface area (TPSA) is 114 Å². The lowest BCUT2D eigenvalue weighted by atomic mass is 10.1. The quantitative estimate of drug-likeness (QED) is 0.170. The summed E-state index contributed by atoms with van der Waals surface area (Å²) in [7, 11) is 1.57. The first-order valence-corrected chi connectivity index (χ1v) is 16.6. The Hall–Kier alpha value is -4.73. The number of amides is 3. The minimum absolute atomic E-state index is 0.00643. The Morgan fingerprint density at radius 2 is 1.84 bits per heavy atom. The van der Waals surface area contributed by atoms with Crippen molar-refractivity contribution in [3.63, 3.8) is 0 Å². The molecule has 2 fully saturated rings. The summed E-state index contributed by atoms with van der Waals surface area (Å²) < 4.78 is 63.0. The molecule has 1 aromatic heterocycles. The number of nitrogens with one attached hydrogen (secondary N) is 2. The number of ether oxygens (including phenoxy) is 4. The van der Waals surface area contributed by atoms with Gasteiger partial charge in [0.1, 0.15) is 16.9 Å². The van der Waals surface area contributed by atoms with E-state index >= 15 is 0 Å². The standard InChI is InChI=1S/C34H34F3N5O6S/c1-45-29-19-26-27(20-30(29)47-15-3-12-41-13-16-46-17-14-41)38-11-10-28(26)48-25-8-6-24(7-9-25)39-33(44)40-42-31(43)21-49-32(42)22-4-2-5-23(18-22)34(35,36)37/h2,4-11,18-20,32H,3,12-17,21H2,1H3,(H2,39,40,44). The van der Waals surface area contributed by atoms with Crippen LogP contribution in [0.15, 0.2) is 72.9 Å². The highest BCUT2D eigenvalue weighted by Crippen LogP contribution is 2.40. The summed E-state index contributed by atoms with van der Waals surface area (Å²) in [5.41, 5.74) is 2.94. The molecule has 2 N–H and O–H groups in total. The van der Waals surface area contributed by atoms with E-state index in [9.17, 15) is 22.8 Å². The zero-order valence-corrected chi connectivity index (χ0v) is 27.3. The summed E-state index contributed by atoms with van der Waals surface area (Å²) in [5.74, 6) is 1.72. The van der Waals surface area contributed by atoms with Crippen LogP contribution in [0, 0.1) is 0 Å². The van der Waals surface area contributed by atoms with Crippen molar-refractivity contribution in [1.29, 1.82) is 0 Å². The molecule has 0 bridgehead atoms. The number of rotatable bonds is 11. The number of methoxy groups -OCH3 is 1. The Morgan fingerprint density at radius 3 is 2.59 bits per heavy atom. The summed E-state index contributed by atoms with van der Waals surface area (Å²) in [4.78, 5) is 32.2. The van der Waals surface area contributed by atoms with Gasteiger partial charge >= 0.3 is 12.2 Å². The molecule has 0 saturated carbocycles. The van der Waals surface area contributed by atoms with Gasteiger partial charge in [-0.05, 0) is 60.5 Å². The number of carbonyl (C=O) groups excluding carboxylic acids is 2. The van der Waals surface area contributed by atoms with E-state index in [1.165, 1.54) is 12.1 Å². The molecule has 2 aliphatic heterocycles. The Bertz CT molecular complexity index is 1790. The number of nitrogens with zero attached hydrogens (tertiary/aromatic N) is 3. The second kappa shape index (κ2) is 15.2. The smallest absolute Gasteiger partial charge is 0.416 e. The Kier molecular flexibility index (Phi) is 10.6. The number of aromatic nitrogens is 1. The van der Waals surface area contributed by atoms with Gasteiger partial charge in [0.25, 0.3) is 5.91 Å². The molecule has 3 amide bonds. The fourth-order valence-corrected chi connectivity index (χ4v) is 6.54. The van der Waals surface area contributed by atoms with Crippen LogP contribution in [0.3, 0.4) is 0 Å². The number of carbonyl (C=O) groups is 2.